The number of carbonyl (C=O) groups is 4. The molecule has 0 aliphatic carbocycles. The summed E-state index contributed by atoms with van der Waals surface area (Å²) in [7, 11) is 0. The molecule has 8 nitrogen and oxygen atoms in total. The third-order valence-electron chi connectivity index (χ3n) is 3.61. The molecule has 2 heterocycles. The van der Waals surface area contributed by atoms with E-state index in [1.54, 1.807) is 0 Å². The van der Waals surface area contributed by atoms with Crippen LogP contribution in [0.1, 0.15) is 12.8 Å². The Hall–Kier alpha value is -2.58. The molecule has 1 aromatic carbocycles. The fourth-order valence-electron chi connectivity index (χ4n) is 2.53. The summed E-state index contributed by atoms with van der Waals surface area (Å²) in [6, 6.07) is 5.59. The molecule has 0 bridgehead atoms. The molecule has 114 valence electrons. The standard InChI is InChI=1S/C14H12N2O6/c17-9-5-11(19)15(13(9)21)7-1-2-8(4-3-7)16-12(20)6-10(18)14(16)22/h1-4,9-10,17-18H,5-6H2. The minimum absolute atomic E-state index is 0.245. The lowest BCUT2D eigenvalue weighted by Gasteiger charge is -2.17. The first-order valence-corrected chi connectivity index (χ1v) is 6.60. The number of rotatable bonds is 2. The number of carbonyl (C=O) groups excluding carboxylic acids is 4. The van der Waals surface area contributed by atoms with Crippen molar-refractivity contribution in [2.75, 3.05) is 9.80 Å². The Labute approximate surface area is 124 Å². The normalized spacial score (nSPS) is 25.5. The van der Waals surface area contributed by atoms with Gasteiger partial charge < -0.3 is 10.2 Å². The van der Waals surface area contributed by atoms with E-state index in [9.17, 15) is 29.4 Å². The second-order valence-electron chi connectivity index (χ2n) is 5.09. The molecule has 8 heteroatoms. The van der Waals surface area contributed by atoms with E-state index in [4.69, 9.17) is 0 Å². The van der Waals surface area contributed by atoms with E-state index >= 15 is 0 Å². The van der Waals surface area contributed by atoms with Gasteiger partial charge in [-0.2, -0.15) is 0 Å². The Morgan fingerprint density at radius 3 is 1.27 bits per heavy atom. The van der Waals surface area contributed by atoms with E-state index < -0.39 is 35.8 Å². The van der Waals surface area contributed by atoms with Crippen LogP contribution >= 0.6 is 0 Å². The zero-order valence-corrected chi connectivity index (χ0v) is 11.3. The monoisotopic (exact) mass is 304 g/mol. The molecule has 0 saturated carbocycles. The van der Waals surface area contributed by atoms with Crippen LogP contribution in [-0.2, 0) is 19.2 Å². The van der Waals surface area contributed by atoms with Gasteiger partial charge in [-0.3, -0.25) is 19.2 Å². The molecule has 4 amide bonds. The molecule has 0 spiro atoms. The van der Waals surface area contributed by atoms with Crippen molar-refractivity contribution in [3.8, 4) is 0 Å². The molecule has 2 fully saturated rings. The summed E-state index contributed by atoms with van der Waals surface area (Å²) < 4.78 is 0. The summed E-state index contributed by atoms with van der Waals surface area (Å²) in [6.45, 7) is 0. The maximum atomic E-state index is 11.7. The van der Waals surface area contributed by atoms with Crippen LogP contribution in [-0.4, -0.2) is 46.0 Å². The molecule has 0 radical (unpaired) electrons. The second kappa shape index (κ2) is 5.00. The van der Waals surface area contributed by atoms with Crippen molar-refractivity contribution < 1.29 is 29.4 Å². The second-order valence-corrected chi connectivity index (χ2v) is 5.09. The predicted molar refractivity (Wildman–Crippen MR) is 72.7 cm³/mol. The van der Waals surface area contributed by atoms with Crippen molar-refractivity contribution >= 4 is 35.0 Å². The third kappa shape index (κ3) is 2.09. The van der Waals surface area contributed by atoms with Crippen LogP contribution in [0.15, 0.2) is 24.3 Å². The van der Waals surface area contributed by atoms with Gasteiger partial charge in [0.25, 0.3) is 11.8 Å². The SMILES string of the molecule is O=C1CC(O)C(=O)N1c1ccc(N2C(=O)CC(O)C2=O)cc1. The van der Waals surface area contributed by atoms with Gasteiger partial charge in [-0.05, 0) is 24.3 Å². The van der Waals surface area contributed by atoms with E-state index in [0.717, 1.165) is 9.80 Å². The zero-order chi connectivity index (χ0) is 16.0. The lowest BCUT2D eigenvalue weighted by atomic mass is 10.2. The van der Waals surface area contributed by atoms with Gasteiger partial charge in [0.2, 0.25) is 11.8 Å². The van der Waals surface area contributed by atoms with Crippen molar-refractivity contribution in [3.63, 3.8) is 0 Å². The van der Waals surface area contributed by atoms with Crippen LogP contribution in [0, 0.1) is 0 Å². The first kappa shape index (κ1) is 14.4. The molecule has 1 aromatic rings. The Kier molecular flexibility index (Phi) is 3.27. The lowest BCUT2D eigenvalue weighted by molar-refractivity contribution is -0.125. The molecular weight excluding hydrogens is 292 g/mol. The quantitative estimate of drug-likeness (QED) is 0.673. The highest BCUT2D eigenvalue weighted by Crippen LogP contribution is 2.28. The number of hydrogen-bond acceptors (Lipinski definition) is 6. The van der Waals surface area contributed by atoms with Crippen molar-refractivity contribution in [1.29, 1.82) is 0 Å². The fourth-order valence-corrected chi connectivity index (χ4v) is 2.53. The number of hydrogen-bond donors (Lipinski definition) is 2. The van der Waals surface area contributed by atoms with Gasteiger partial charge in [-0.25, -0.2) is 9.80 Å². The molecule has 3 rings (SSSR count). The van der Waals surface area contributed by atoms with Crippen molar-refractivity contribution in [1.82, 2.24) is 0 Å². The van der Waals surface area contributed by atoms with Crippen molar-refractivity contribution in [2.24, 2.45) is 0 Å². The van der Waals surface area contributed by atoms with Gasteiger partial charge in [0.1, 0.15) is 12.2 Å². The highest BCUT2D eigenvalue weighted by molar-refractivity contribution is 6.23. The summed E-state index contributed by atoms with van der Waals surface area (Å²) in [4.78, 5) is 48.5. The molecular formula is C14H12N2O6. The molecule has 2 unspecified atom stereocenters. The maximum Gasteiger partial charge on any atom is 0.263 e. The van der Waals surface area contributed by atoms with Gasteiger partial charge in [0, 0.05) is 0 Å². The summed E-state index contributed by atoms with van der Waals surface area (Å²) >= 11 is 0. The van der Waals surface area contributed by atoms with Gasteiger partial charge in [-0.15, -0.1) is 0 Å². The molecule has 2 atom stereocenters. The topological polar surface area (TPSA) is 115 Å². The fraction of sp³-hybridized carbons (Fsp3) is 0.286. The van der Waals surface area contributed by atoms with E-state index in [2.05, 4.69) is 0 Å². The summed E-state index contributed by atoms with van der Waals surface area (Å²) in [5.74, 6) is -2.45. The number of aliphatic hydroxyl groups excluding tert-OH is 2. The lowest BCUT2D eigenvalue weighted by Crippen LogP contribution is -2.33. The van der Waals surface area contributed by atoms with Gasteiger partial charge >= 0.3 is 0 Å². The third-order valence-corrected chi connectivity index (χ3v) is 3.61. The number of benzene rings is 1. The molecule has 0 aromatic heterocycles. The van der Waals surface area contributed by atoms with Crippen LogP contribution in [0.2, 0.25) is 0 Å². The minimum Gasteiger partial charge on any atom is -0.383 e. The highest BCUT2D eigenvalue weighted by atomic mass is 16.3. The summed E-state index contributed by atoms with van der Waals surface area (Å²) in [5, 5.41) is 18.8. The largest absolute Gasteiger partial charge is 0.383 e. The zero-order valence-electron chi connectivity index (χ0n) is 11.3. The van der Waals surface area contributed by atoms with Gasteiger partial charge in [0.05, 0.1) is 24.2 Å². The van der Waals surface area contributed by atoms with Gasteiger partial charge in [0.15, 0.2) is 0 Å². The highest BCUT2D eigenvalue weighted by Gasteiger charge is 2.40. The number of imide groups is 2. The average Bonchev–Trinajstić information content (AvgIpc) is 2.87. The van der Waals surface area contributed by atoms with Crippen molar-refractivity contribution in [2.45, 2.75) is 25.0 Å². The Bertz CT molecular complexity index is 624. The van der Waals surface area contributed by atoms with Crippen LogP contribution in [0.3, 0.4) is 0 Å². The van der Waals surface area contributed by atoms with E-state index in [1.807, 2.05) is 0 Å². The first-order valence-electron chi connectivity index (χ1n) is 6.60. The average molecular weight is 304 g/mol. The number of amides is 4. The van der Waals surface area contributed by atoms with Crippen LogP contribution < -0.4 is 9.80 Å². The van der Waals surface area contributed by atoms with E-state index in [-0.39, 0.29) is 24.2 Å². The number of nitrogens with zero attached hydrogens (tertiary/aromatic N) is 2. The molecule has 2 saturated heterocycles. The Morgan fingerprint density at radius 2 is 1.05 bits per heavy atom. The van der Waals surface area contributed by atoms with Crippen molar-refractivity contribution in [3.05, 3.63) is 24.3 Å². The number of anilines is 2. The molecule has 2 N–H and O–H groups in total. The number of aliphatic hydroxyl groups is 2. The van der Waals surface area contributed by atoms with E-state index in [1.165, 1.54) is 24.3 Å². The smallest absolute Gasteiger partial charge is 0.263 e. The van der Waals surface area contributed by atoms with Crippen LogP contribution in [0.4, 0.5) is 11.4 Å². The predicted octanol–water partition coefficient (Wildman–Crippen LogP) is -1.07. The Morgan fingerprint density at radius 1 is 0.727 bits per heavy atom. The molecule has 22 heavy (non-hydrogen) atoms. The molecule has 2 aliphatic rings. The van der Waals surface area contributed by atoms with Crippen LogP contribution in [0.25, 0.3) is 0 Å². The summed E-state index contributed by atoms with van der Waals surface area (Å²) in [5.41, 5.74) is 0.491. The summed E-state index contributed by atoms with van der Waals surface area (Å²) in [6.07, 6.45) is -3.22. The first-order chi connectivity index (χ1) is 10.4. The van der Waals surface area contributed by atoms with E-state index in [0.29, 0.717) is 0 Å². The maximum absolute atomic E-state index is 11.7. The van der Waals surface area contributed by atoms with Gasteiger partial charge in [-0.1, -0.05) is 0 Å². The van der Waals surface area contributed by atoms with Crippen LogP contribution in [0.5, 0.6) is 0 Å². The Balaban J connectivity index is 1.88. The minimum atomic E-state index is -1.34. The molecule has 2 aliphatic heterocycles.